The lowest BCUT2D eigenvalue weighted by Gasteiger charge is -2.13. The van der Waals surface area contributed by atoms with Crippen LogP contribution in [-0.2, 0) is 6.61 Å². The zero-order valence-electron chi connectivity index (χ0n) is 16.3. The number of nitrogens with two attached hydrogens (primary N) is 1. The Kier molecular flexibility index (Phi) is 9.21. The molecule has 0 radical (unpaired) electrons. The standard InChI is InChI=1S/C21H20Cl2N4O3.ClH/c22-15-11-17(26-19(15)23)21(29)27-16-6-1-2-7-18(16)30-12-13-4-3-5-14(10-13)20(28)25-9-8-24;/h1-7,10-11,26H,8-9,12,24H2,(H,25,28)(H,27,29);1H. The van der Waals surface area contributed by atoms with Crippen LogP contribution >= 0.6 is 35.6 Å². The van der Waals surface area contributed by atoms with Gasteiger partial charge in [0.25, 0.3) is 11.8 Å². The van der Waals surface area contributed by atoms with Gasteiger partial charge < -0.3 is 26.1 Å². The van der Waals surface area contributed by atoms with Crippen molar-refractivity contribution in [1.29, 1.82) is 0 Å². The van der Waals surface area contributed by atoms with Gasteiger partial charge in [-0.25, -0.2) is 0 Å². The van der Waals surface area contributed by atoms with Gasteiger partial charge in [0.05, 0.1) is 10.7 Å². The van der Waals surface area contributed by atoms with Crippen molar-refractivity contribution in [2.75, 3.05) is 18.4 Å². The molecule has 164 valence electrons. The number of H-pyrrole nitrogens is 1. The second-order valence-electron chi connectivity index (χ2n) is 6.33. The molecule has 10 heteroatoms. The molecule has 0 saturated carbocycles. The summed E-state index contributed by atoms with van der Waals surface area (Å²) in [7, 11) is 0. The van der Waals surface area contributed by atoms with Crippen molar-refractivity contribution < 1.29 is 14.3 Å². The van der Waals surface area contributed by atoms with Gasteiger partial charge in [-0.05, 0) is 35.9 Å². The predicted octanol–water partition coefficient (Wildman–Crippen LogP) is 4.26. The number of ether oxygens (including phenoxy) is 1. The minimum Gasteiger partial charge on any atom is -0.487 e. The van der Waals surface area contributed by atoms with Crippen LogP contribution in [-0.4, -0.2) is 29.9 Å². The van der Waals surface area contributed by atoms with Gasteiger partial charge in [-0.2, -0.15) is 0 Å². The monoisotopic (exact) mass is 482 g/mol. The third-order valence-electron chi connectivity index (χ3n) is 4.12. The summed E-state index contributed by atoms with van der Waals surface area (Å²) >= 11 is 11.7. The quantitative estimate of drug-likeness (QED) is 0.384. The minimum absolute atomic E-state index is 0. The van der Waals surface area contributed by atoms with Gasteiger partial charge in [0.1, 0.15) is 23.2 Å². The van der Waals surface area contributed by atoms with Crippen LogP contribution in [0.25, 0.3) is 0 Å². The second kappa shape index (κ2) is 11.6. The number of carbonyl (C=O) groups is 2. The Balaban J connectivity index is 0.00000341. The van der Waals surface area contributed by atoms with Gasteiger partial charge in [0.2, 0.25) is 0 Å². The molecule has 0 aliphatic heterocycles. The Morgan fingerprint density at radius 2 is 1.81 bits per heavy atom. The highest BCUT2D eigenvalue weighted by Crippen LogP contribution is 2.27. The molecular weight excluding hydrogens is 463 g/mol. The topological polar surface area (TPSA) is 109 Å². The van der Waals surface area contributed by atoms with E-state index in [9.17, 15) is 9.59 Å². The molecule has 2 amide bonds. The van der Waals surface area contributed by atoms with Crippen LogP contribution < -0.4 is 21.1 Å². The number of para-hydroxylation sites is 2. The Labute approximate surface area is 195 Å². The van der Waals surface area contributed by atoms with E-state index in [1.54, 1.807) is 42.5 Å². The van der Waals surface area contributed by atoms with Crippen molar-refractivity contribution in [3.63, 3.8) is 0 Å². The van der Waals surface area contributed by atoms with Crippen LogP contribution in [0.5, 0.6) is 5.75 Å². The molecule has 5 N–H and O–H groups in total. The molecule has 0 fully saturated rings. The first-order valence-electron chi connectivity index (χ1n) is 9.12. The highest BCUT2D eigenvalue weighted by Gasteiger charge is 2.14. The Hall–Kier alpha value is -2.71. The van der Waals surface area contributed by atoms with Crippen LogP contribution in [0.4, 0.5) is 5.69 Å². The van der Waals surface area contributed by atoms with E-state index >= 15 is 0 Å². The van der Waals surface area contributed by atoms with E-state index in [0.29, 0.717) is 30.1 Å². The summed E-state index contributed by atoms with van der Waals surface area (Å²) in [5, 5.41) is 5.96. The largest absolute Gasteiger partial charge is 0.487 e. The van der Waals surface area contributed by atoms with Gasteiger partial charge in [-0.3, -0.25) is 9.59 Å². The van der Waals surface area contributed by atoms with Gasteiger partial charge in [-0.15, -0.1) is 12.4 Å². The minimum atomic E-state index is -0.404. The third kappa shape index (κ3) is 6.63. The Bertz CT molecular complexity index is 1040. The normalized spacial score (nSPS) is 10.2. The molecule has 1 heterocycles. The number of benzene rings is 2. The zero-order valence-corrected chi connectivity index (χ0v) is 18.6. The molecule has 3 aromatic rings. The summed E-state index contributed by atoms with van der Waals surface area (Å²) in [5.74, 6) is -0.121. The van der Waals surface area contributed by atoms with E-state index < -0.39 is 5.91 Å². The lowest BCUT2D eigenvalue weighted by molar-refractivity contribution is 0.0953. The SMILES string of the molecule is Cl.NCCNC(=O)c1cccc(COc2ccccc2NC(=O)c2cc(Cl)c(Cl)[nH]2)c1. The summed E-state index contributed by atoms with van der Waals surface area (Å²) in [5.41, 5.74) is 7.46. The number of nitrogens with one attached hydrogen (secondary N) is 3. The Morgan fingerprint density at radius 1 is 1.03 bits per heavy atom. The van der Waals surface area contributed by atoms with Crippen LogP contribution in [0.1, 0.15) is 26.4 Å². The summed E-state index contributed by atoms with van der Waals surface area (Å²) in [6.45, 7) is 0.993. The van der Waals surface area contributed by atoms with Crippen LogP contribution in [0, 0.1) is 0 Å². The van der Waals surface area contributed by atoms with E-state index in [2.05, 4.69) is 15.6 Å². The van der Waals surface area contributed by atoms with Gasteiger partial charge in [-0.1, -0.05) is 47.5 Å². The first kappa shape index (κ1) is 24.6. The number of amides is 2. The molecule has 0 aliphatic carbocycles. The molecule has 0 bridgehead atoms. The van der Waals surface area contributed by atoms with Crippen molar-refractivity contribution in [2.45, 2.75) is 6.61 Å². The molecule has 0 aliphatic rings. The van der Waals surface area contributed by atoms with E-state index in [4.69, 9.17) is 33.7 Å². The highest BCUT2D eigenvalue weighted by atomic mass is 35.5. The molecule has 2 aromatic carbocycles. The number of aromatic amines is 1. The molecule has 0 spiro atoms. The smallest absolute Gasteiger partial charge is 0.272 e. The van der Waals surface area contributed by atoms with E-state index in [1.165, 1.54) is 6.07 Å². The first-order chi connectivity index (χ1) is 14.5. The number of carbonyl (C=O) groups excluding carboxylic acids is 2. The lowest BCUT2D eigenvalue weighted by atomic mass is 10.1. The third-order valence-corrected chi connectivity index (χ3v) is 4.81. The molecule has 3 rings (SSSR count). The molecule has 0 saturated heterocycles. The van der Waals surface area contributed by atoms with Crippen LogP contribution in [0.15, 0.2) is 54.6 Å². The summed E-state index contributed by atoms with van der Waals surface area (Å²) in [4.78, 5) is 27.2. The number of rotatable bonds is 8. The van der Waals surface area contributed by atoms with E-state index in [0.717, 1.165) is 5.56 Å². The summed E-state index contributed by atoms with van der Waals surface area (Å²) < 4.78 is 5.88. The van der Waals surface area contributed by atoms with Crippen LogP contribution in [0.3, 0.4) is 0 Å². The van der Waals surface area contributed by atoms with Crippen molar-refractivity contribution >= 4 is 53.1 Å². The summed E-state index contributed by atoms with van der Waals surface area (Å²) in [6, 6.07) is 15.6. The van der Waals surface area contributed by atoms with Gasteiger partial charge >= 0.3 is 0 Å². The second-order valence-corrected chi connectivity index (χ2v) is 7.11. The lowest BCUT2D eigenvalue weighted by Crippen LogP contribution is -2.29. The zero-order chi connectivity index (χ0) is 21.5. The maximum atomic E-state index is 12.4. The van der Waals surface area contributed by atoms with Gasteiger partial charge in [0.15, 0.2) is 0 Å². The van der Waals surface area contributed by atoms with Crippen molar-refractivity contribution in [2.24, 2.45) is 5.73 Å². The molecular formula is C21H21Cl3N4O3. The maximum Gasteiger partial charge on any atom is 0.272 e. The fourth-order valence-electron chi connectivity index (χ4n) is 2.66. The number of anilines is 1. The van der Waals surface area contributed by atoms with Crippen LogP contribution in [0.2, 0.25) is 10.2 Å². The van der Waals surface area contributed by atoms with Crippen molar-refractivity contribution in [1.82, 2.24) is 10.3 Å². The highest BCUT2D eigenvalue weighted by molar-refractivity contribution is 6.41. The molecule has 1 aromatic heterocycles. The summed E-state index contributed by atoms with van der Waals surface area (Å²) in [6.07, 6.45) is 0. The van der Waals surface area contributed by atoms with Gasteiger partial charge in [0, 0.05) is 18.7 Å². The average Bonchev–Trinajstić information content (AvgIpc) is 3.10. The molecule has 31 heavy (non-hydrogen) atoms. The van der Waals surface area contributed by atoms with E-state index in [1.807, 2.05) is 6.07 Å². The average molecular weight is 484 g/mol. The maximum absolute atomic E-state index is 12.4. The molecule has 7 nitrogen and oxygen atoms in total. The fourth-order valence-corrected chi connectivity index (χ4v) is 2.98. The fraction of sp³-hybridized carbons (Fsp3) is 0.143. The van der Waals surface area contributed by atoms with Crippen molar-refractivity contribution in [3.05, 3.63) is 81.6 Å². The predicted molar refractivity (Wildman–Crippen MR) is 125 cm³/mol. The molecule has 0 atom stereocenters. The number of halogens is 3. The number of hydrogen-bond donors (Lipinski definition) is 4. The van der Waals surface area contributed by atoms with E-state index in [-0.39, 0.29) is 40.8 Å². The number of hydrogen-bond acceptors (Lipinski definition) is 4. The first-order valence-corrected chi connectivity index (χ1v) is 9.88. The van der Waals surface area contributed by atoms with Crippen molar-refractivity contribution in [3.8, 4) is 5.75 Å². The molecule has 0 unspecified atom stereocenters. The number of aromatic nitrogens is 1. The Morgan fingerprint density at radius 3 is 2.52 bits per heavy atom.